The number of rotatable bonds is 5. The third-order valence-corrected chi connectivity index (χ3v) is 4.35. The SMILES string of the molecule is CC(=O)NC1C(OC2C(C(=O)O)OC(O)C(O)C2O)OC(CO)C(O)C1O. The van der Waals surface area contributed by atoms with E-state index in [1.54, 1.807) is 0 Å². The third-order valence-electron chi connectivity index (χ3n) is 4.35. The molecule has 2 aliphatic heterocycles. The summed E-state index contributed by atoms with van der Waals surface area (Å²) in [5.41, 5.74) is 0. The number of nitrogens with one attached hydrogen (secondary N) is 1. The maximum absolute atomic E-state index is 11.4. The van der Waals surface area contributed by atoms with Crippen molar-refractivity contribution in [2.24, 2.45) is 0 Å². The predicted molar refractivity (Wildman–Crippen MR) is 80.8 cm³/mol. The van der Waals surface area contributed by atoms with Crippen LogP contribution in [0.3, 0.4) is 0 Å². The van der Waals surface area contributed by atoms with Gasteiger partial charge < -0.3 is 55.3 Å². The molecule has 2 aliphatic rings. The molecule has 0 bridgehead atoms. The topological polar surface area (TPSA) is 215 Å². The monoisotopic (exact) mass is 397 g/mol. The molecule has 27 heavy (non-hydrogen) atoms. The molecule has 0 saturated carbocycles. The van der Waals surface area contributed by atoms with Crippen LogP contribution in [0.2, 0.25) is 0 Å². The van der Waals surface area contributed by atoms with Gasteiger partial charge in [0.15, 0.2) is 18.7 Å². The molecule has 0 aromatic heterocycles. The van der Waals surface area contributed by atoms with Gasteiger partial charge in [-0.25, -0.2) is 4.79 Å². The number of carboxylic acids is 1. The molecule has 2 fully saturated rings. The van der Waals surface area contributed by atoms with Gasteiger partial charge in [-0.1, -0.05) is 0 Å². The van der Waals surface area contributed by atoms with Crippen LogP contribution in [0.25, 0.3) is 0 Å². The minimum Gasteiger partial charge on any atom is -0.479 e. The van der Waals surface area contributed by atoms with Crippen LogP contribution in [0.4, 0.5) is 0 Å². The molecule has 0 aliphatic carbocycles. The number of carboxylic acid groups (broad SMARTS) is 1. The second kappa shape index (κ2) is 8.72. The lowest BCUT2D eigenvalue weighted by Gasteiger charge is -2.46. The molecule has 156 valence electrons. The average Bonchev–Trinajstić information content (AvgIpc) is 2.60. The van der Waals surface area contributed by atoms with Crippen molar-refractivity contribution in [1.82, 2.24) is 5.32 Å². The van der Waals surface area contributed by atoms with E-state index < -0.39 is 79.8 Å². The quantitative estimate of drug-likeness (QED) is 0.218. The zero-order valence-corrected chi connectivity index (χ0v) is 14.2. The first-order valence-corrected chi connectivity index (χ1v) is 8.06. The lowest BCUT2D eigenvalue weighted by molar-refractivity contribution is -0.335. The molecule has 0 aromatic rings. The minimum atomic E-state index is -1.99. The Morgan fingerprint density at radius 2 is 1.63 bits per heavy atom. The van der Waals surface area contributed by atoms with Crippen LogP contribution in [0, 0.1) is 0 Å². The highest BCUT2D eigenvalue weighted by atomic mass is 16.7. The highest BCUT2D eigenvalue weighted by molar-refractivity contribution is 5.74. The van der Waals surface area contributed by atoms with Crippen molar-refractivity contribution in [2.75, 3.05) is 6.61 Å². The number of hydrogen-bond donors (Lipinski definition) is 8. The van der Waals surface area contributed by atoms with E-state index in [2.05, 4.69) is 5.32 Å². The molecular formula is C14H23NO12. The van der Waals surface area contributed by atoms with Gasteiger partial charge in [0.05, 0.1) is 6.61 Å². The van der Waals surface area contributed by atoms with Crippen LogP contribution in [0.5, 0.6) is 0 Å². The fraction of sp³-hybridized carbons (Fsp3) is 0.857. The van der Waals surface area contributed by atoms with Gasteiger partial charge in [0.2, 0.25) is 5.91 Å². The van der Waals surface area contributed by atoms with Gasteiger partial charge in [0.1, 0.15) is 42.7 Å². The summed E-state index contributed by atoms with van der Waals surface area (Å²) in [5.74, 6) is -2.27. The fourth-order valence-corrected chi connectivity index (χ4v) is 2.94. The molecule has 0 spiro atoms. The van der Waals surface area contributed by atoms with Crippen LogP contribution in [0.15, 0.2) is 0 Å². The first-order valence-electron chi connectivity index (χ1n) is 8.06. The average molecular weight is 397 g/mol. The van der Waals surface area contributed by atoms with Crippen LogP contribution in [-0.2, 0) is 23.8 Å². The summed E-state index contributed by atoms with van der Waals surface area (Å²) in [6.45, 7) is 0.366. The summed E-state index contributed by atoms with van der Waals surface area (Å²) < 4.78 is 15.3. The molecular weight excluding hydrogens is 374 g/mol. The number of ether oxygens (including phenoxy) is 3. The largest absolute Gasteiger partial charge is 0.479 e. The van der Waals surface area contributed by atoms with E-state index in [0.29, 0.717) is 0 Å². The summed E-state index contributed by atoms with van der Waals surface area (Å²) in [4.78, 5) is 22.7. The molecule has 2 saturated heterocycles. The number of aliphatic hydroxyl groups excluding tert-OH is 6. The normalized spacial score (nSPS) is 45.3. The number of aliphatic hydroxyl groups is 6. The smallest absolute Gasteiger partial charge is 0.335 e. The summed E-state index contributed by atoms with van der Waals surface area (Å²) in [6, 6.07) is -1.40. The lowest BCUT2D eigenvalue weighted by atomic mass is 9.95. The molecule has 13 nitrogen and oxygen atoms in total. The zero-order valence-electron chi connectivity index (χ0n) is 14.2. The molecule has 10 atom stereocenters. The van der Waals surface area contributed by atoms with Crippen molar-refractivity contribution in [3.05, 3.63) is 0 Å². The van der Waals surface area contributed by atoms with Crippen molar-refractivity contribution in [3.63, 3.8) is 0 Å². The standard InChI is InChI=1S/C14H23NO12/c1-3(17)15-5-7(19)6(18)4(2-16)25-14(5)27-10-8(20)9(21)13(24)26-11(10)12(22)23/h4-11,13-14,16,18-21,24H,2H2,1H3,(H,15,17)(H,22,23). The number of carbonyl (C=O) groups is 2. The van der Waals surface area contributed by atoms with Crippen LogP contribution in [0.1, 0.15) is 6.92 Å². The van der Waals surface area contributed by atoms with E-state index >= 15 is 0 Å². The maximum atomic E-state index is 11.4. The van der Waals surface area contributed by atoms with Gasteiger partial charge in [-0.3, -0.25) is 4.79 Å². The molecule has 1 amide bonds. The van der Waals surface area contributed by atoms with E-state index in [1.165, 1.54) is 0 Å². The Labute approximate surface area is 152 Å². The molecule has 2 heterocycles. The van der Waals surface area contributed by atoms with Crippen molar-refractivity contribution >= 4 is 11.9 Å². The maximum Gasteiger partial charge on any atom is 0.335 e. The Hall–Kier alpha value is -1.42. The van der Waals surface area contributed by atoms with Crippen molar-refractivity contribution < 1.29 is 59.5 Å². The van der Waals surface area contributed by atoms with Crippen molar-refractivity contribution in [1.29, 1.82) is 0 Å². The lowest BCUT2D eigenvalue weighted by Crippen LogP contribution is -2.67. The Morgan fingerprint density at radius 1 is 1.00 bits per heavy atom. The minimum absolute atomic E-state index is 0.642. The van der Waals surface area contributed by atoms with Gasteiger partial charge in [0.25, 0.3) is 0 Å². The summed E-state index contributed by atoms with van der Waals surface area (Å²) in [6.07, 6.45) is -15.7. The van der Waals surface area contributed by atoms with Crippen LogP contribution < -0.4 is 5.32 Å². The molecule has 2 rings (SSSR count). The molecule has 13 heteroatoms. The van der Waals surface area contributed by atoms with Crippen molar-refractivity contribution in [3.8, 4) is 0 Å². The Bertz CT molecular complexity index is 546. The van der Waals surface area contributed by atoms with E-state index in [4.69, 9.17) is 14.2 Å². The number of carbonyl (C=O) groups excluding carboxylic acids is 1. The Kier molecular flexibility index (Phi) is 7.07. The van der Waals surface area contributed by atoms with Crippen molar-refractivity contribution in [2.45, 2.75) is 68.3 Å². The Balaban J connectivity index is 2.28. The van der Waals surface area contributed by atoms with E-state index in [-0.39, 0.29) is 0 Å². The van der Waals surface area contributed by atoms with Crippen LogP contribution in [-0.4, -0.2) is 116 Å². The van der Waals surface area contributed by atoms with E-state index in [1.807, 2.05) is 0 Å². The second-order valence-corrected chi connectivity index (χ2v) is 6.30. The second-order valence-electron chi connectivity index (χ2n) is 6.30. The molecule has 10 unspecified atom stereocenters. The van der Waals surface area contributed by atoms with Gasteiger partial charge in [-0.05, 0) is 0 Å². The van der Waals surface area contributed by atoms with Gasteiger partial charge in [-0.15, -0.1) is 0 Å². The first-order chi connectivity index (χ1) is 12.6. The van der Waals surface area contributed by atoms with Gasteiger partial charge >= 0.3 is 5.97 Å². The summed E-state index contributed by atoms with van der Waals surface area (Å²) in [5, 5.41) is 70.1. The van der Waals surface area contributed by atoms with Gasteiger partial charge in [-0.2, -0.15) is 0 Å². The molecule has 0 aromatic carbocycles. The summed E-state index contributed by atoms with van der Waals surface area (Å²) >= 11 is 0. The van der Waals surface area contributed by atoms with Gasteiger partial charge in [0, 0.05) is 6.92 Å². The predicted octanol–water partition coefficient (Wildman–Crippen LogP) is -5.16. The number of amides is 1. The highest BCUT2D eigenvalue weighted by Crippen LogP contribution is 2.28. The zero-order chi connectivity index (χ0) is 20.5. The number of hydrogen-bond acceptors (Lipinski definition) is 11. The molecule has 0 radical (unpaired) electrons. The molecule has 8 N–H and O–H groups in total. The Morgan fingerprint density at radius 3 is 2.15 bits per heavy atom. The van der Waals surface area contributed by atoms with Crippen LogP contribution >= 0.6 is 0 Å². The first kappa shape index (κ1) is 21.9. The highest BCUT2D eigenvalue weighted by Gasteiger charge is 2.52. The number of aliphatic carboxylic acids is 1. The van der Waals surface area contributed by atoms with E-state index in [0.717, 1.165) is 6.92 Å². The fourth-order valence-electron chi connectivity index (χ4n) is 2.94. The third kappa shape index (κ3) is 4.53. The summed E-state index contributed by atoms with van der Waals surface area (Å²) in [7, 11) is 0. The van der Waals surface area contributed by atoms with E-state index in [9.17, 15) is 45.3 Å².